The number of nitrogens with one attached hydrogen (secondary N) is 5. The van der Waals surface area contributed by atoms with Crippen LogP contribution in [0.3, 0.4) is 0 Å². The van der Waals surface area contributed by atoms with Crippen molar-refractivity contribution in [3.63, 3.8) is 0 Å². The van der Waals surface area contributed by atoms with Gasteiger partial charge in [0.1, 0.15) is 53.7 Å². The highest BCUT2D eigenvalue weighted by molar-refractivity contribution is 7.74. The van der Waals surface area contributed by atoms with Gasteiger partial charge in [-0.2, -0.15) is 0 Å². The van der Waals surface area contributed by atoms with Gasteiger partial charge in [0.2, 0.25) is 47.3 Å². The van der Waals surface area contributed by atoms with Crippen LogP contribution in [0.2, 0.25) is 0 Å². The molecule has 0 aromatic heterocycles. The largest absolute Gasteiger partial charge is 0.740 e. The molecule has 0 bridgehead atoms. The molecule has 0 spiro atoms. The number of nitrogens with two attached hydrogens (primary N) is 1. The van der Waals surface area contributed by atoms with Crippen molar-refractivity contribution in [1.82, 2.24) is 36.4 Å². The first-order valence-electron chi connectivity index (χ1n) is 26.2. The summed E-state index contributed by atoms with van der Waals surface area (Å²) in [6, 6.07) is -8.72. The molecule has 4 rings (SSSR count). The van der Waals surface area contributed by atoms with Crippen LogP contribution in [-0.2, 0) is 56.1 Å². The van der Waals surface area contributed by atoms with Crippen LogP contribution in [0.5, 0.6) is 11.5 Å². The van der Waals surface area contributed by atoms with Gasteiger partial charge in [-0.15, -0.1) is 0 Å². The summed E-state index contributed by atoms with van der Waals surface area (Å²) >= 11 is -3.19. The molecule has 0 radical (unpaired) electrons. The first-order chi connectivity index (χ1) is 36.6. The summed E-state index contributed by atoms with van der Waals surface area (Å²) in [5.41, 5.74) is 5.29. The number of carbonyl (C=O) groups is 8. The van der Waals surface area contributed by atoms with Crippen molar-refractivity contribution in [3.8, 4) is 11.5 Å². The number of primary amides is 1. The van der Waals surface area contributed by atoms with Crippen molar-refractivity contribution in [3.05, 3.63) is 23.8 Å². The van der Waals surface area contributed by atoms with E-state index in [1.54, 1.807) is 0 Å². The van der Waals surface area contributed by atoms with E-state index < -0.39 is 188 Å². The minimum absolute atomic E-state index is 0.0301. The molecule has 13 atom stereocenters. The van der Waals surface area contributed by atoms with Crippen molar-refractivity contribution in [2.45, 2.75) is 202 Å². The van der Waals surface area contributed by atoms with Gasteiger partial charge < -0.3 is 91.7 Å². The van der Waals surface area contributed by atoms with E-state index in [0.29, 0.717) is 17.7 Å². The zero-order valence-corrected chi connectivity index (χ0v) is 44.0. The van der Waals surface area contributed by atoms with E-state index in [4.69, 9.17) is 5.73 Å². The van der Waals surface area contributed by atoms with Gasteiger partial charge in [-0.05, 0) is 30.5 Å². The third-order valence-corrected chi connectivity index (χ3v) is 14.1. The Morgan fingerprint density at radius 1 is 0.779 bits per heavy atom. The summed E-state index contributed by atoms with van der Waals surface area (Å²) in [6.07, 6.45) is -1.74. The monoisotopic (exact) mass is 1110 g/mol. The molecule has 3 aliphatic heterocycles. The normalized spacial score (nSPS) is 27.2. The topological polar surface area (TPSA) is 440 Å². The standard InChI is InChI=1S/C49H78N8O19S/c1-2-3-4-5-6-7-8-9-10-11-12-13-14-15-39(66)51-29-23-36(64)45(69)55-47(71)42-33(61)18-19-56(42)49(73)41(35(63)24-38(50)65)54-46(70)40(34(62)20-27-16-17-32(60)37(21-27)76-77(74)75)53-44(68)31-22-28(59)25-57(31)48(72)30(26-58)52-43(29)67/h16-17,21,28-31,33-36,40-42,45,58-64,69H,2-15,18-20,22-26H2,1H3,(H2,50,65)(H,51,66)(H,52,67)(H,53,68)(H,54,70)(H,55,71)(H,74,75)/p-1. The Balaban J connectivity index is 1.66. The van der Waals surface area contributed by atoms with Gasteiger partial charge in [0.15, 0.2) is 17.7 Å². The van der Waals surface area contributed by atoms with Gasteiger partial charge >= 0.3 is 0 Å². The van der Waals surface area contributed by atoms with E-state index in [-0.39, 0.29) is 18.4 Å². The number of fused-ring (bicyclic) bond motifs is 2. The van der Waals surface area contributed by atoms with Gasteiger partial charge in [0.05, 0.1) is 37.4 Å². The highest BCUT2D eigenvalue weighted by Gasteiger charge is 2.48. The minimum atomic E-state index is -3.19. The fraction of sp³-hybridized carbons (Fsp3) is 0.714. The second-order valence-electron chi connectivity index (χ2n) is 19.9. The number of phenolic OH excluding ortho intramolecular Hbond substituents is 1. The molecular weight excluding hydrogens is 1040 g/mol. The number of aliphatic hydroxyl groups excluding tert-OH is 7. The maximum Gasteiger partial charge on any atom is 0.248 e. The smallest absolute Gasteiger partial charge is 0.248 e. The third-order valence-electron chi connectivity index (χ3n) is 13.8. The fourth-order valence-corrected chi connectivity index (χ4v) is 9.92. The Kier molecular flexibility index (Phi) is 26.3. The van der Waals surface area contributed by atoms with Crippen molar-refractivity contribution < 1.29 is 92.2 Å². The Morgan fingerprint density at radius 3 is 1.99 bits per heavy atom. The van der Waals surface area contributed by atoms with Crippen molar-refractivity contribution in [2.24, 2.45) is 5.73 Å². The third kappa shape index (κ3) is 19.7. The van der Waals surface area contributed by atoms with Gasteiger partial charge in [0, 0.05) is 38.8 Å². The molecule has 3 aliphatic rings. The molecule has 8 amide bonds. The van der Waals surface area contributed by atoms with Crippen molar-refractivity contribution in [2.75, 3.05) is 19.7 Å². The van der Waals surface area contributed by atoms with E-state index in [1.807, 2.05) is 5.32 Å². The molecule has 3 saturated heterocycles. The number of aliphatic hydroxyl groups is 7. The van der Waals surface area contributed by atoms with Gasteiger partial charge in [-0.1, -0.05) is 90.0 Å². The Hall–Kier alpha value is -5.59. The first-order valence-corrected chi connectivity index (χ1v) is 27.2. The lowest BCUT2D eigenvalue weighted by molar-refractivity contribution is -0.148. The zero-order valence-electron chi connectivity index (χ0n) is 43.2. The summed E-state index contributed by atoms with van der Waals surface area (Å²) in [4.78, 5) is 112. The average Bonchev–Trinajstić information content (AvgIpc) is 3.97. The molecule has 434 valence electrons. The van der Waals surface area contributed by atoms with Crippen LogP contribution in [0.4, 0.5) is 0 Å². The summed E-state index contributed by atoms with van der Waals surface area (Å²) in [7, 11) is 0. The Bertz CT molecular complexity index is 2200. The maximum atomic E-state index is 14.4. The Morgan fingerprint density at radius 2 is 1.39 bits per heavy atom. The molecule has 0 aliphatic carbocycles. The van der Waals surface area contributed by atoms with Crippen LogP contribution in [-0.4, -0.2) is 199 Å². The number of hydrogen-bond acceptors (Lipinski definition) is 19. The lowest BCUT2D eigenvalue weighted by Gasteiger charge is -2.34. The zero-order chi connectivity index (χ0) is 56.9. The van der Waals surface area contributed by atoms with Gasteiger partial charge in [-0.25, -0.2) is 4.21 Å². The second kappa shape index (κ2) is 31.7. The molecule has 3 fully saturated rings. The molecule has 3 heterocycles. The minimum Gasteiger partial charge on any atom is -0.740 e. The van der Waals surface area contributed by atoms with Crippen LogP contribution in [0.1, 0.15) is 128 Å². The first kappa shape index (κ1) is 63.9. The Labute approximate surface area is 448 Å². The lowest BCUT2D eigenvalue weighted by Crippen LogP contribution is -2.64. The number of hydrogen-bond donors (Lipinski definition) is 14. The number of benzene rings is 1. The number of carbonyl (C=O) groups excluding carboxylic acids is 8. The van der Waals surface area contributed by atoms with Gasteiger partial charge in [-0.3, -0.25) is 38.4 Å². The number of rotatable bonds is 24. The van der Waals surface area contributed by atoms with Crippen LogP contribution in [0.25, 0.3) is 0 Å². The molecule has 1 aromatic carbocycles. The lowest BCUT2D eigenvalue weighted by atomic mass is 9.98. The van der Waals surface area contributed by atoms with Crippen LogP contribution in [0, 0.1) is 0 Å². The average molecular weight is 1110 g/mol. The molecule has 28 heteroatoms. The molecule has 77 heavy (non-hydrogen) atoms. The second-order valence-corrected chi connectivity index (χ2v) is 20.5. The number of phenols is 1. The highest BCUT2D eigenvalue weighted by Crippen LogP contribution is 2.29. The van der Waals surface area contributed by atoms with Crippen LogP contribution in [0.15, 0.2) is 18.2 Å². The summed E-state index contributed by atoms with van der Waals surface area (Å²) in [6.45, 7) is -0.0134. The van der Waals surface area contributed by atoms with E-state index in [1.165, 1.54) is 44.6 Å². The predicted octanol–water partition coefficient (Wildman–Crippen LogP) is -3.76. The van der Waals surface area contributed by atoms with Crippen molar-refractivity contribution in [1.29, 1.82) is 0 Å². The van der Waals surface area contributed by atoms with Gasteiger partial charge in [0.25, 0.3) is 0 Å². The highest BCUT2D eigenvalue weighted by atomic mass is 32.2. The maximum absolute atomic E-state index is 14.4. The predicted molar refractivity (Wildman–Crippen MR) is 269 cm³/mol. The van der Waals surface area contributed by atoms with E-state index in [9.17, 15) is 88.0 Å². The van der Waals surface area contributed by atoms with E-state index >= 15 is 0 Å². The van der Waals surface area contributed by atoms with E-state index in [2.05, 4.69) is 32.4 Å². The number of unbranched alkanes of at least 4 members (excludes halogenated alkanes) is 12. The molecule has 13 unspecified atom stereocenters. The van der Waals surface area contributed by atoms with Crippen molar-refractivity contribution >= 4 is 58.6 Å². The summed E-state index contributed by atoms with van der Waals surface area (Å²) in [5.74, 6) is -10.9. The fourth-order valence-electron chi connectivity index (χ4n) is 9.64. The molecule has 15 N–H and O–H groups in total. The molecular formula is C49H77N8O19S-. The van der Waals surface area contributed by atoms with Crippen LogP contribution < -0.4 is 36.5 Å². The molecule has 0 saturated carbocycles. The number of amides is 8. The molecule has 1 aromatic rings. The number of aromatic hydroxyl groups is 1. The quantitative estimate of drug-likeness (QED) is 0.0349. The SMILES string of the molecule is CCCCCCCCCCCCCCCC(=O)NC1CC(O)C(O)NC(=O)C2C(O)CCN2C(=O)C(C(O)CC(N)=O)NC(=O)C(C(O)Cc2ccc(O)c(OS(=O)[O-])c2)NC(=O)C2CC(O)CN2C(=O)C(CO)NC1=O. The summed E-state index contributed by atoms with van der Waals surface area (Å²) in [5, 5.41) is 98.8. The van der Waals surface area contributed by atoms with Crippen LogP contribution >= 0.6 is 0 Å². The summed E-state index contributed by atoms with van der Waals surface area (Å²) < 4.78 is 27.1. The molecule has 27 nitrogen and oxygen atoms in total. The number of nitrogens with zero attached hydrogens (tertiary/aromatic N) is 2. The van der Waals surface area contributed by atoms with E-state index in [0.717, 1.165) is 49.1 Å².